The Hall–Kier alpha value is -0.250. The predicted octanol–water partition coefficient (Wildman–Crippen LogP) is 2.18. The van der Waals surface area contributed by atoms with E-state index < -0.39 is 0 Å². The molecule has 12 heavy (non-hydrogen) atoms. The Morgan fingerprint density at radius 1 is 1.67 bits per heavy atom. The summed E-state index contributed by atoms with van der Waals surface area (Å²) in [6.45, 7) is 4.51. The largest absolute Gasteiger partial charge is 0.265 e. The first kappa shape index (κ1) is 9.84. The molecule has 0 radical (unpaired) electrons. The van der Waals surface area contributed by atoms with E-state index in [1.807, 2.05) is 11.8 Å². The Morgan fingerprint density at radius 3 is 2.75 bits per heavy atom. The molecule has 0 aromatic rings. The molecule has 4 heteroatoms. The van der Waals surface area contributed by atoms with Crippen LogP contribution in [-0.4, -0.2) is 22.0 Å². The van der Waals surface area contributed by atoms with E-state index in [4.69, 9.17) is 0 Å². The zero-order valence-corrected chi connectivity index (χ0v) is 8.39. The Labute approximate surface area is 77.1 Å². The fraction of sp³-hybridized carbons (Fsp3) is 1.00. The van der Waals surface area contributed by atoms with Crippen molar-refractivity contribution in [3.8, 4) is 0 Å². The molecule has 1 atom stereocenters. The van der Waals surface area contributed by atoms with Gasteiger partial charge in [-0.25, -0.2) is 0 Å². The first-order chi connectivity index (χ1) is 5.52. The van der Waals surface area contributed by atoms with Crippen molar-refractivity contribution in [3.05, 3.63) is 10.1 Å². The van der Waals surface area contributed by atoms with Gasteiger partial charge in [0.1, 0.15) is 0 Å². The van der Waals surface area contributed by atoms with Crippen molar-refractivity contribution in [3.63, 3.8) is 0 Å². The summed E-state index contributed by atoms with van der Waals surface area (Å²) in [5.74, 6) is 1.70. The molecule has 1 aliphatic heterocycles. The molecule has 1 saturated heterocycles. The van der Waals surface area contributed by atoms with Crippen LogP contribution in [0.15, 0.2) is 0 Å². The highest BCUT2D eigenvalue weighted by Crippen LogP contribution is 2.43. The van der Waals surface area contributed by atoms with Crippen molar-refractivity contribution < 1.29 is 4.92 Å². The molecule has 0 aromatic carbocycles. The van der Waals surface area contributed by atoms with E-state index in [0.29, 0.717) is 5.92 Å². The third-order valence-corrected chi connectivity index (χ3v) is 4.10. The van der Waals surface area contributed by atoms with E-state index in [2.05, 4.69) is 13.8 Å². The molecule has 1 aliphatic rings. The van der Waals surface area contributed by atoms with Gasteiger partial charge in [0, 0.05) is 16.1 Å². The highest BCUT2D eigenvalue weighted by Gasteiger charge is 2.35. The SMILES string of the molecule is CC1(C)SCCC1CC[N+](=O)[O-]. The van der Waals surface area contributed by atoms with Crippen LogP contribution < -0.4 is 0 Å². The second-order valence-corrected chi connectivity index (χ2v) is 5.53. The molecule has 70 valence electrons. The van der Waals surface area contributed by atoms with Gasteiger partial charge in [-0.3, -0.25) is 10.1 Å². The minimum absolute atomic E-state index is 0.134. The Balaban J connectivity index is 2.36. The zero-order valence-electron chi connectivity index (χ0n) is 7.58. The maximum atomic E-state index is 10.2. The molecule has 1 fully saturated rings. The lowest BCUT2D eigenvalue weighted by molar-refractivity contribution is -0.481. The van der Waals surface area contributed by atoms with E-state index in [0.717, 1.165) is 18.6 Å². The molecular weight excluding hydrogens is 174 g/mol. The Kier molecular flexibility index (Phi) is 2.99. The standard InChI is InChI=1S/C8H15NO2S/c1-8(2)7(4-6-12-8)3-5-9(10)11/h7H,3-6H2,1-2H3. The molecule has 0 aliphatic carbocycles. The number of thioether (sulfide) groups is 1. The van der Waals surface area contributed by atoms with Gasteiger partial charge in [-0.1, -0.05) is 13.8 Å². The molecule has 0 bridgehead atoms. The highest BCUT2D eigenvalue weighted by atomic mass is 32.2. The monoisotopic (exact) mass is 189 g/mol. The van der Waals surface area contributed by atoms with E-state index in [1.165, 1.54) is 0 Å². The minimum atomic E-state index is -0.209. The zero-order chi connectivity index (χ0) is 9.19. The first-order valence-corrected chi connectivity index (χ1v) is 5.26. The summed E-state index contributed by atoms with van der Waals surface area (Å²) in [5.41, 5.74) is 0. The molecular formula is C8H15NO2S. The van der Waals surface area contributed by atoms with Crippen molar-refractivity contribution in [2.45, 2.75) is 31.4 Å². The topological polar surface area (TPSA) is 43.1 Å². The maximum Gasteiger partial charge on any atom is 0.204 e. The van der Waals surface area contributed by atoms with Gasteiger partial charge in [0.05, 0.1) is 0 Å². The van der Waals surface area contributed by atoms with Gasteiger partial charge in [-0.2, -0.15) is 11.8 Å². The predicted molar refractivity (Wildman–Crippen MR) is 51.1 cm³/mol. The average Bonchev–Trinajstić information content (AvgIpc) is 2.25. The Bertz CT molecular complexity index is 182. The molecule has 1 unspecified atom stereocenters. The van der Waals surface area contributed by atoms with Gasteiger partial charge in [-0.05, 0) is 18.1 Å². The second kappa shape index (κ2) is 3.64. The van der Waals surface area contributed by atoms with Gasteiger partial charge < -0.3 is 0 Å². The minimum Gasteiger partial charge on any atom is -0.265 e. The molecule has 0 aromatic heterocycles. The van der Waals surface area contributed by atoms with Crippen molar-refractivity contribution >= 4 is 11.8 Å². The highest BCUT2D eigenvalue weighted by molar-refractivity contribution is 8.00. The van der Waals surface area contributed by atoms with Crippen LogP contribution in [0.25, 0.3) is 0 Å². The van der Waals surface area contributed by atoms with Gasteiger partial charge in [-0.15, -0.1) is 0 Å². The number of nitrogens with zero attached hydrogens (tertiary/aromatic N) is 1. The van der Waals surface area contributed by atoms with E-state index in [9.17, 15) is 10.1 Å². The van der Waals surface area contributed by atoms with E-state index in [-0.39, 0.29) is 16.2 Å². The number of rotatable bonds is 3. The summed E-state index contributed by atoms with van der Waals surface area (Å²) >= 11 is 1.94. The van der Waals surface area contributed by atoms with Crippen LogP contribution in [0.2, 0.25) is 0 Å². The third-order valence-electron chi connectivity index (χ3n) is 2.58. The summed E-state index contributed by atoms with van der Waals surface area (Å²) in [6, 6.07) is 0. The van der Waals surface area contributed by atoms with Crippen molar-refractivity contribution in [2.75, 3.05) is 12.3 Å². The van der Waals surface area contributed by atoms with Crippen LogP contribution in [0.5, 0.6) is 0 Å². The molecule has 1 heterocycles. The molecule has 3 nitrogen and oxygen atoms in total. The molecule has 0 N–H and O–H groups in total. The van der Waals surface area contributed by atoms with Gasteiger partial charge in [0.15, 0.2) is 0 Å². The summed E-state index contributed by atoms with van der Waals surface area (Å²) in [7, 11) is 0. The van der Waals surface area contributed by atoms with Crippen LogP contribution >= 0.6 is 11.8 Å². The van der Waals surface area contributed by atoms with Gasteiger partial charge >= 0.3 is 0 Å². The van der Waals surface area contributed by atoms with E-state index >= 15 is 0 Å². The lowest BCUT2D eigenvalue weighted by atomic mass is 9.90. The van der Waals surface area contributed by atoms with Crippen molar-refractivity contribution in [1.29, 1.82) is 0 Å². The maximum absolute atomic E-state index is 10.2. The smallest absolute Gasteiger partial charge is 0.204 e. The average molecular weight is 189 g/mol. The summed E-state index contributed by atoms with van der Waals surface area (Å²) < 4.78 is 0.260. The number of hydrogen-bond acceptors (Lipinski definition) is 3. The van der Waals surface area contributed by atoms with Crippen LogP contribution in [0.3, 0.4) is 0 Å². The number of nitro groups is 1. The fourth-order valence-corrected chi connectivity index (χ4v) is 3.08. The number of hydrogen-bond donors (Lipinski definition) is 0. The van der Waals surface area contributed by atoms with Gasteiger partial charge in [0.2, 0.25) is 6.54 Å². The van der Waals surface area contributed by atoms with Gasteiger partial charge in [0.25, 0.3) is 0 Å². The second-order valence-electron chi connectivity index (χ2n) is 3.78. The third kappa shape index (κ3) is 2.37. The molecule has 1 rings (SSSR count). The van der Waals surface area contributed by atoms with E-state index in [1.54, 1.807) is 0 Å². The van der Waals surface area contributed by atoms with Crippen molar-refractivity contribution in [1.82, 2.24) is 0 Å². The lowest BCUT2D eigenvalue weighted by Gasteiger charge is -2.24. The summed E-state index contributed by atoms with van der Waals surface area (Å²) in [4.78, 5) is 9.96. The first-order valence-electron chi connectivity index (χ1n) is 4.28. The van der Waals surface area contributed by atoms with Crippen LogP contribution in [0, 0.1) is 16.0 Å². The van der Waals surface area contributed by atoms with Crippen LogP contribution in [-0.2, 0) is 0 Å². The molecule has 0 amide bonds. The molecule has 0 saturated carbocycles. The lowest BCUT2D eigenvalue weighted by Crippen LogP contribution is -2.24. The summed E-state index contributed by atoms with van der Waals surface area (Å²) in [5, 5.41) is 10.2. The Morgan fingerprint density at radius 2 is 2.33 bits per heavy atom. The fourth-order valence-electron chi connectivity index (χ4n) is 1.68. The van der Waals surface area contributed by atoms with Crippen LogP contribution in [0.4, 0.5) is 0 Å². The van der Waals surface area contributed by atoms with Crippen molar-refractivity contribution in [2.24, 2.45) is 5.92 Å². The van der Waals surface area contributed by atoms with Crippen LogP contribution in [0.1, 0.15) is 26.7 Å². The summed E-state index contributed by atoms with van der Waals surface area (Å²) in [6.07, 6.45) is 1.89. The molecule has 0 spiro atoms. The normalized spacial score (nSPS) is 27.3. The quantitative estimate of drug-likeness (QED) is 0.505.